The van der Waals surface area contributed by atoms with E-state index in [2.05, 4.69) is 36.5 Å². The van der Waals surface area contributed by atoms with E-state index in [1.54, 1.807) is 0 Å². The number of nitrogens with zero attached hydrogens (tertiary/aromatic N) is 2. The number of piperazine rings is 1. The molecule has 2 aromatic rings. The van der Waals surface area contributed by atoms with Crippen LogP contribution >= 0.6 is 11.3 Å². The molecule has 142 valence electrons. The predicted octanol–water partition coefficient (Wildman–Crippen LogP) is 2.76. The molecule has 2 amide bonds. The van der Waals surface area contributed by atoms with Gasteiger partial charge in [-0.25, -0.2) is 0 Å². The summed E-state index contributed by atoms with van der Waals surface area (Å²) in [5.41, 5.74) is 3.29. The first-order valence-electron chi connectivity index (χ1n) is 9.57. The predicted molar refractivity (Wildman–Crippen MR) is 108 cm³/mol. The summed E-state index contributed by atoms with van der Waals surface area (Å²) in [5, 5.41) is 5.11. The lowest BCUT2D eigenvalue weighted by Gasteiger charge is -2.41. The van der Waals surface area contributed by atoms with Gasteiger partial charge in [-0.15, -0.1) is 11.3 Å². The van der Waals surface area contributed by atoms with E-state index >= 15 is 0 Å². The minimum absolute atomic E-state index is 0.0906. The van der Waals surface area contributed by atoms with Crippen molar-refractivity contribution in [3.05, 3.63) is 46.2 Å². The van der Waals surface area contributed by atoms with Crippen molar-refractivity contribution in [2.45, 2.75) is 25.8 Å². The first-order valence-corrected chi connectivity index (χ1v) is 10.5. The normalized spacial score (nSPS) is 20.8. The average Bonchev–Trinajstić information content (AvgIpc) is 3.18. The van der Waals surface area contributed by atoms with Crippen molar-refractivity contribution in [3.8, 4) is 11.1 Å². The maximum Gasteiger partial charge on any atom is 0.264 e. The van der Waals surface area contributed by atoms with E-state index < -0.39 is 0 Å². The van der Waals surface area contributed by atoms with E-state index in [1.165, 1.54) is 16.9 Å². The molecule has 2 aliphatic rings. The second kappa shape index (κ2) is 7.82. The molecule has 2 aliphatic heterocycles. The van der Waals surface area contributed by atoms with Crippen LogP contribution < -0.4 is 5.32 Å². The fourth-order valence-electron chi connectivity index (χ4n) is 3.98. The summed E-state index contributed by atoms with van der Waals surface area (Å²) in [6, 6.07) is 10.5. The summed E-state index contributed by atoms with van der Waals surface area (Å²) < 4.78 is 0. The number of rotatable bonds is 3. The topological polar surface area (TPSA) is 52.7 Å². The van der Waals surface area contributed by atoms with Crippen molar-refractivity contribution in [2.75, 3.05) is 32.7 Å². The van der Waals surface area contributed by atoms with Gasteiger partial charge in [0.2, 0.25) is 5.91 Å². The van der Waals surface area contributed by atoms with Crippen LogP contribution in [0.5, 0.6) is 0 Å². The van der Waals surface area contributed by atoms with E-state index in [9.17, 15) is 9.59 Å². The zero-order valence-corrected chi connectivity index (χ0v) is 16.4. The Morgan fingerprint density at radius 2 is 2.00 bits per heavy atom. The summed E-state index contributed by atoms with van der Waals surface area (Å²) in [6.07, 6.45) is 1.92. The molecule has 27 heavy (non-hydrogen) atoms. The van der Waals surface area contributed by atoms with Crippen LogP contribution in [-0.2, 0) is 4.79 Å². The largest absolute Gasteiger partial charge is 0.336 e. The molecule has 2 saturated heterocycles. The Morgan fingerprint density at radius 3 is 2.78 bits per heavy atom. The Balaban J connectivity index is 1.52. The van der Waals surface area contributed by atoms with Crippen molar-refractivity contribution < 1.29 is 9.59 Å². The SMILES string of the molecule is Cc1ccc(-c2ccsc2C(=O)N2CCCC(N3CCNCC3=O)C2)cc1. The summed E-state index contributed by atoms with van der Waals surface area (Å²) in [7, 11) is 0. The number of carbonyl (C=O) groups excluding carboxylic acids is 2. The number of hydrogen-bond donors (Lipinski definition) is 1. The molecule has 1 atom stereocenters. The van der Waals surface area contributed by atoms with Crippen LogP contribution in [0, 0.1) is 6.92 Å². The van der Waals surface area contributed by atoms with E-state index in [0.717, 1.165) is 48.5 Å². The molecule has 1 aromatic heterocycles. The van der Waals surface area contributed by atoms with Gasteiger partial charge in [0.25, 0.3) is 5.91 Å². The van der Waals surface area contributed by atoms with Gasteiger partial charge in [0.15, 0.2) is 0 Å². The summed E-state index contributed by atoms with van der Waals surface area (Å²) >= 11 is 1.51. The third kappa shape index (κ3) is 3.77. The van der Waals surface area contributed by atoms with Crippen LogP contribution in [0.2, 0.25) is 0 Å². The molecular formula is C21H25N3O2S. The van der Waals surface area contributed by atoms with Crippen LogP contribution in [0.3, 0.4) is 0 Å². The maximum atomic E-state index is 13.3. The smallest absolute Gasteiger partial charge is 0.264 e. The number of amides is 2. The number of thiophene rings is 1. The number of benzene rings is 1. The van der Waals surface area contributed by atoms with Crippen molar-refractivity contribution in [2.24, 2.45) is 0 Å². The van der Waals surface area contributed by atoms with Crippen molar-refractivity contribution in [1.82, 2.24) is 15.1 Å². The summed E-state index contributed by atoms with van der Waals surface area (Å²) in [4.78, 5) is 30.2. The molecule has 6 heteroatoms. The zero-order valence-electron chi connectivity index (χ0n) is 15.6. The van der Waals surface area contributed by atoms with Crippen LogP contribution in [0.1, 0.15) is 28.1 Å². The van der Waals surface area contributed by atoms with Crippen LogP contribution in [0.15, 0.2) is 35.7 Å². The van der Waals surface area contributed by atoms with Gasteiger partial charge in [-0.05, 0) is 36.8 Å². The molecule has 5 nitrogen and oxygen atoms in total. The molecule has 0 aliphatic carbocycles. The summed E-state index contributed by atoms with van der Waals surface area (Å²) in [5.74, 6) is 0.241. The first-order chi connectivity index (χ1) is 13.1. The average molecular weight is 384 g/mol. The van der Waals surface area contributed by atoms with E-state index in [0.29, 0.717) is 13.1 Å². The molecule has 0 radical (unpaired) electrons. The van der Waals surface area contributed by atoms with Gasteiger partial charge in [0.1, 0.15) is 0 Å². The van der Waals surface area contributed by atoms with Gasteiger partial charge in [0.05, 0.1) is 11.4 Å². The molecule has 3 heterocycles. The van der Waals surface area contributed by atoms with Crippen LogP contribution in [0.25, 0.3) is 11.1 Å². The third-order valence-electron chi connectivity index (χ3n) is 5.47. The number of likely N-dealkylation sites (tertiary alicyclic amines) is 1. The number of piperidine rings is 1. The number of nitrogens with one attached hydrogen (secondary N) is 1. The first kappa shape index (κ1) is 18.2. The summed E-state index contributed by atoms with van der Waals surface area (Å²) in [6.45, 7) is 5.44. The van der Waals surface area contributed by atoms with Gasteiger partial charge in [-0.2, -0.15) is 0 Å². The molecule has 0 saturated carbocycles. The Kier molecular flexibility index (Phi) is 5.27. The van der Waals surface area contributed by atoms with Crippen LogP contribution in [0.4, 0.5) is 0 Å². The Labute approximate surface area is 164 Å². The highest BCUT2D eigenvalue weighted by Crippen LogP contribution is 2.31. The quantitative estimate of drug-likeness (QED) is 0.887. The maximum absolute atomic E-state index is 13.3. The number of carbonyl (C=O) groups is 2. The van der Waals surface area contributed by atoms with E-state index in [4.69, 9.17) is 0 Å². The monoisotopic (exact) mass is 383 g/mol. The third-order valence-corrected chi connectivity index (χ3v) is 6.37. The highest BCUT2D eigenvalue weighted by molar-refractivity contribution is 7.12. The lowest BCUT2D eigenvalue weighted by molar-refractivity contribution is -0.135. The van der Waals surface area contributed by atoms with Crippen LogP contribution in [-0.4, -0.2) is 60.4 Å². The second-order valence-electron chi connectivity index (χ2n) is 7.34. The van der Waals surface area contributed by atoms with Crippen molar-refractivity contribution >= 4 is 23.2 Å². The Bertz CT molecular complexity index is 830. The molecule has 1 N–H and O–H groups in total. The minimum atomic E-state index is 0.0906. The number of aryl methyl sites for hydroxylation is 1. The van der Waals surface area contributed by atoms with Gasteiger partial charge in [-0.1, -0.05) is 29.8 Å². The molecular weight excluding hydrogens is 358 g/mol. The second-order valence-corrected chi connectivity index (χ2v) is 8.26. The molecule has 1 unspecified atom stereocenters. The molecule has 0 bridgehead atoms. The Morgan fingerprint density at radius 1 is 1.19 bits per heavy atom. The standard InChI is InChI=1S/C21H25N3O2S/c1-15-4-6-16(7-5-15)18-8-12-27-20(18)21(26)23-10-2-3-17(14-23)24-11-9-22-13-19(24)25/h4-8,12,17,22H,2-3,9-11,13-14H2,1H3. The highest BCUT2D eigenvalue weighted by Gasteiger charge is 2.32. The Hall–Kier alpha value is -2.18. The fraction of sp³-hybridized carbons (Fsp3) is 0.429. The molecule has 0 spiro atoms. The lowest BCUT2D eigenvalue weighted by Crippen LogP contribution is -2.57. The van der Waals surface area contributed by atoms with Crippen molar-refractivity contribution in [1.29, 1.82) is 0 Å². The van der Waals surface area contributed by atoms with Gasteiger partial charge < -0.3 is 15.1 Å². The molecule has 1 aromatic carbocycles. The van der Waals surface area contributed by atoms with Crippen molar-refractivity contribution in [3.63, 3.8) is 0 Å². The van der Waals surface area contributed by atoms with E-state index in [1.807, 2.05) is 21.2 Å². The fourth-order valence-corrected chi connectivity index (χ4v) is 4.86. The van der Waals surface area contributed by atoms with Gasteiger partial charge in [-0.3, -0.25) is 9.59 Å². The van der Waals surface area contributed by atoms with Gasteiger partial charge in [0, 0.05) is 37.8 Å². The zero-order chi connectivity index (χ0) is 18.8. The van der Waals surface area contributed by atoms with E-state index in [-0.39, 0.29) is 17.9 Å². The molecule has 2 fully saturated rings. The number of hydrogen-bond acceptors (Lipinski definition) is 4. The molecule has 4 rings (SSSR count). The highest BCUT2D eigenvalue weighted by atomic mass is 32.1. The van der Waals surface area contributed by atoms with Gasteiger partial charge >= 0.3 is 0 Å². The lowest BCUT2D eigenvalue weighted by atomic mass is 10.0. The minimum Gasteiger partial charge on any atom is -0.336 e.